The summed E-state index contributed by atoms with van der Waals surface area (Å²) in [7, 11) is 0. The second kappa shape index (κ2) is 9.77. The molecule has 0 unspecified atom stereocenters. The minimum Gasteiger partial charge on any atom is -0.339 e. The van der Waals surface area contributed by atoms with E-state index in [9.17, 15) is 14.4 Å². The maximum Gasteiger partial charge on any atom is 0.261 e. The molecule has 2 heterocycles. The van der Waals surface area contributed by atoms with Crippen LogP contribution in [0.3, 0.4) is 0 Å². The molecule has 166 valence electrons. The highest BCUT2D eigenvalue weighted by molar-refractivity contribution is 5.80. The minimum absolute atomic E-state index is 0.0342. The number of para-hydroxylation sites is 1. The van der Waals surface area contributed by atoms with E-state index in [1.54, 1.807) is 30.0 Å². The first-order valence-corrected chi connectivity index (χ1v) is 11.1. The van der Waals surface area contributed by atoms with Gasteiger partial charge < -0.3 is 9.80 Å². The van der Waals surface area contributed by atoms with Gasteiger partial charge in [0.1, 0.15) is 12.4 Å². The van der Waals surface area contributed by atoms with E-state index in [0.29, 0.717) is 49.3 Å². The summed E-state index contributed by atoms with van der Waals surface area (Å²) < 4.78 is 1.44. The van der Waals surface area contributed by atoms with Crippen molar-refractivity contribution < 1.29 is 9.59 Å². The van der Waals surface area contributed by atoms with Crippen molar-refractivity contribution in [2.75, 3.05) is 26.2 Å². The lowest BCUT2D eigenvalue weighted by Crippen LogP contribution is -2.51. The van der Waals surface area contributed by atoms with E-state index in [2.05, 4.69) is 17.1 Å². The minimum atomic E-state index is -0.200. The molecule has 1 aliphatic rings. The highest BCUT2D eigenvalue weighted by Crippen LogP contribution is 2.11. The fraction of sp³-hybridized carbons (Fsp3) is 0.360. The average molecular weight is 433 g/mol. The molecule has 1 aromatic heterocycles. The Bertz CT molecular complexity index is 1160. The number of carbonyl (C=O) groups excluding carboxylic acids is 2. The van der Waals surface area contributed by atoms with Gasteiger partial charge in [-0.2, -0.15) is 0 Å². The number of rotatable bonds is 6. The van der Waals surface area contributed by atoms with Gasteiger partial charge in [-0.25, -0.2) is 4.98 Å². The van der Waals surface area contributed by atoms with Gasteiger partial charge in [0.2, 0.25) is 11.8 Å². The van der Waals surface area contributed by atoms with Gasteiger partial charge in [0.05, 0.1) is 10.9 Å². The third kappa shape index (κ3) is 4.88. The zero-order valence-corrected chi connectivity index (χ0v) is 18.4. The van der Waals surface area contributed by atoms with Crippen LogP contribution in [0.4, 0.5) is 0 Å². The predicted molar refractivity (Wildman–Crippen MR) is 123 cm³/mol. The molecule has 0 N–H and O–H groups in total. The van der Waals surface area contributed by atoms with Crippen molar-refractivity contribution in [2.24, 2.45) is 0 Å². The maximum atomic E-state index is 12.8. The Morgan fingerprint density at radius 1 is 0.875 bits per heavy atom. The lowest BCUT2D eigenvalue weighted by atomic mass is 10.1. The van der Waals surface area contributed by atoms with Crippen LogP contribution in [0.1, 0.15) is 24.2 Å². The fourth-order valence-corrected chi connectivity index (χ4v) is 4.15. The Hall–Kier alpha value is -3.48. The zero-order valence-electron chi connectivity index (χ0n) is 18.4. The Labute approximate surface area is 187 Å². The van der Waals surface area contributed by atoms with Crippen molar-refractivity contribution >= 4 is 22.7 Å². The monoisotopic (exact) mass is 432 g/mol. The normalized spacial score (nSPS) is 14.0. The summed E-state index contributed by atoms with van der Waals surface area (Å²) in [6, 6.07) is 17.3. The molecule has 4 rings (SSSR count). The molecule has 1 saturated heterocycles. The van der Waals surface area contributed by atoms with E-state index < -0.39 is 0 Å². The third-order valence-corrected chi connectivity index (χ3v) is 6.03. The average Bonchev–Trinajstić information content (AvgIpc) is 2.82. The molecule has 0 aliphatic carbocycles. The third-order valence-electron chi connectivity index (χ3n) is 6.03. The van der Waals surface area contributed by atoms with Gasteiger partial charge in [0.15, 0.2) is 0 Å². The van der Waals surface area contributed by atoms with E-state index >= 15 is 0 Å². The molecule has 7 nitrogen and oxygen atoms in total. The lowest BCUT2D eigenvalue weighted by molar-refractivity contribution is -0.140. The number of aryl methyl sites for hydroxylation is 2. The van der Waals surface area contributed by atoms with Crippen LogP contribution in [0.5, 0.6) is 0 Å². The first kappa shape index (κ1) is 21.7. The van der Waals surface area contributed by atoms with E-state index in [-0.39, 0.29) is 23.9 Å². The SMILES string of the molecule is Cc1nc2ccccc2c(=O)n1CC(=O)N1CCN(C(=O)CCCc2ccccc2)CC1. The molecule has 2 amide bonds. The molecule has 0 atom stereocenters. The standard InChI is InChI=1S/C25H28N4O3/c1-19-26-22-12-6-5-11-21(22)25(32)29(19)18-24(31)28-16-14-27(15-17-28)23(30)13-7-10-20-8-3-2-4-9-20/h2-6,8-9,11-12H,7,10,13-18H2,1H3. The number of hydrogen-bond donors (Lipinski definition) is 0. The van der Waals surface area contributed by atoms with Gasteiger partial charge in [0, 0.05) is 32.6 Å². The molecule has 2 aromatic carbocycles. The molecule has 0 saturated carbocycles. The molecule has 3 aromatic rings. The van der Waals surface area contributed by atoms with Crippen LogP contribution in [0.25, 0.3) is 10.9 Å². The Morgan fingerprint density at radius 2 is 1.50 bits per heavy atom. The Balaban J connectivity index is 1.30. The van der Waals surface area contributed by atoms with Crippen molar-refractivity contribution in [3.63, 3.8) is 0 Å². The summed E-state index contributed by atoms with van der Waals surface area (Å²) in [5.74, 6) is 0.538. The first-order valence-electron chi connectivity index (χ1n) is 11.1. The van der Waals surface area contributed by atoms with Crippen LogP contribution in [-0.2, 0) is 22.6 Å². The van der Waals surface area contributed by atoms with Gasteiger partial charge in [-0.3, -0.25) is 19.0 Å². The zero-order chi connectivity index (χ0) is 22.5. The van der Waals surface area contributed by atoms with Crippen LogP contribution in [-0.4, -0.2) is 57.3 Å². The molecule has 0 spiro atoms. The molecule has 7 heteroatoms. The highest BCUT2D eigenvalue weighted by atomic mass is 16.2. The van der Waals surface area contributed by atoms with Crippen molar-refractivity contribution in [1.82, 2.24) is 19.4 Å². The highest BCUT2D eigenvalue weighted by Gasteiger charge is 2.24. The van der Waals surface area contributed by atoms with Crippen LogP contribution in [0.15, 0.2) is 59.4 Å². The predicted octanol–water partition coefficient (Wildman–Crippen LogP) is 2.40. The van der Waals surface area contributed by atoms with E-state index in [1.807, 2.05) is 29.2 Å². The van der Waals surface area contributed by atoms with Crippen LogP contribution < -0.4 is 5.56 Å². The Morgan fingerprint density at radius 3 is 2.22 bits per heavy atom. The van der Waals surface area contributed by atoms with Crippen molar-refractivity contribution in [3.05, 3.63) is 76.3 Å². The van der Waals surface area contributed by atoms with Gasteiger partial charge >= 0.3 is 0 Å². The molecule has 32 heavy (non-hydrogen) atoms. The maximum absolute atomic E-state index is 12.8. The lowest BCUT2D eigenvalue weighted by Gasteiger charge is -2.35. The van der Waals surface area contributed by atoms with E-state index in [4.69, 9.17) is 0 Å². The van der Waals surface area contributed by atoms with E-state index in [0.717, 1.165) is 12.8 Å². The van der Waals surface area contributed by atoms with Gasteiger partial charge in [0.25, 0.3) is 5.56 Å². The van der Waals surface area contributed by atoms with Crippen LogP contribution >= 0.6 is 0 Å². The fourth-order valence-electron chi connectivity index (χ4n) is 4.15. The van der Waals surface area contributed by atoms with Crippen LogP contribution in [0, 0.1) is 6.92 Å². The molecule has 0 bridgehead atoms. The summed E-state index contributed by atoms with van der Waals surface area (Å²) in [6.45, 7) is 3.73. The second-order valence-electron chi connectivity index (χ2n) is 8.17. The number of piperazine rings is 1. The topological polar surface area (TPSA) is 75.5 Å². The number of nitrogens with zero attached hydrogens (tertiary/aromatic N) is 4. The second-order valence-corrected chi connectivity index (χ2v) is 8.17. The van der Waals surface area contributed by atoms with Crippen molar-refractivity contribution in [3.8, 4) is 0 Å². The number of aromatic nitrogens is 2. The first-order chi connectivity index (χ1) is 15.5. The summed E-state index contributed by atoms with van der Waals surface area (Å²) >= 11 is 0. The molecule has 0 radical (unpaired) electrons. The largest absolute Gasteiger partial charge is 0.339 e. The van der Waals surface area contributed by atoms with Gasteiger partial charge in [-0.1, -0.05) is 42.5 Å². The number of fused-ring (bicyclic) bond motifs is 1. The quantitative estimate of drug-likeness (QED) is 0.600. The Kier molecular flexibility index (Phi) is 6.63. The summed E-state index contributed by atoms with van der Waals surface area (Å²) in [6.07, 6.45) is 2.22. The number of amides is 2. The molecular weight excluding hydrogens is 404 g/mol. The molecule has 1 aliphatic heterocycles. The van der Waals surface area contributed by atoms with Crippen molar-refractivity contribution in [1.29, 1.82) is 0 Å². The number of benzene rings is 2. The summed E-state index contributed by atoms with van der Waals surface area (Å²) in [4.78, 5) is 46.2. The van der Waals surface area contributed by atoms with Gasteiger partial charge in [-0.05, 0) is 37.5 Å². The number of hydrogen-bond acceptors (Lipinski definition) is 4. The smallest absolute Gasteiger partial charge is 0.261 e. The summed E-state index contributed by atoms with van der Waals surface area (Å²) in [5.41, 5.74) is 1.68. The van der Waals surface area contributed by atoms with Crippen molar-refractivity contribution in [2.45, 2.75) is 32.7 Å². The number of carbonyl (C=O) groups is 2. The van der Waals surface area contributed by atoms with Crippen LogP contribution in [0.2, 0.25) is 0 Å². The summed E-state index contributed by atoms with van der Waals surface area (Å²) in [5, 5.41) is 0.511. The van der Waals surface area contributed by atoms with Gasteiger partial charge in [-0.15, -0.1) is 0 Å². The molecule has 1 fully saturated rings. The van der Waals surface area contributed by atoms with E-state index in [1.165, 1.54) is 10.1 Å². The molecular formula is C25H28N4O3.